The molecular formula is C15H19N. The summed E-state index contributed by atoms with van der Waals surface area (Å²) in [5, 5.41) is 0. The molecule has 2 unspecified atom stereocenters. The summed E-state index contributed by atoms with van der Waals surface area (Å²) in [6, 6.07) is 7.90. The van der Waals surface area contributed by atoms with Gasteiger partial charge >= 0.3 is 0 Å². The lowest BCUT2D eigenvalue weighted by atomic mass is 9.95. The van der Waals surface area contributed by atoms with Crippen LogP contribution in [0, 0.1) is 0 Å². The predicted octanol–water partition coefficient (Wildman–Crippen LogP) is 3.48. The molecule has 1 heteroatoms. The smallest absolute Gasteiger partial charge is 0.0437 e. The van der Waals surface area contributed by atoms with Gasteiger partial charge in [0.15, 0.2) is 0 Å². The third kappa shape index (κ3) is 1.07. The van der Waals surface area contributed by atoms with Crippen LogP contribution in [0.2, 0.25) is 0 Å². The summed E-state index contributed by atoms with van der Waals surface area (Å²) in [7, 11) is 0. The fourth-order valence-corrected chi connectivity index (χ4v) is 4.18. The number of para-hydroxylation sites is 1. The topological polar surface area (TPSA) is 3.24 Å². The zero-order chi connectivity index (χ0) is 10.5. The van der Waals surface area contributed by atoms with Crippen LogP contribution < -0.4 is 4.90 Å². The second-order valence-electron chi connectivity index (χ2n) is 5.61. The minimum Gasteiger partial charge on any atom is -0.367 e. The highest BCUT2D eigenvalue weighted by atomic mass is 15.2. The SMILES string of the molecule is c1cc2c3c(c1)C1CCCC1N3CCCC2. The molecule has 0 spiro atoms. The van der Waals surface area contributed by atoms with E-state index in [0.29, 0.717) is 0 Å². The molecule has 1 saturated carbocycles. The van der Waals surface area contributed by atoms with Crippen LogP contribution in [0.1, 0.15) is 49.1 Å². The van der Waals surface area contributed by atoms with Crippen LogP contribution in [-0.2, 0) is 6.42 Å². The lowest BCUT2D eigenvalue weighted by Gasteiger charge is -2.26. The monoisotopic (exact) mass is 213 g/mol. The molecule has 0 amide bonds. The summed E-state index contributed by atoms with van der Waals surface area (Å²) in [5.74, 6) is 0.869. The van der Waals surface area contributed by atoms with Gasteiger partial charge in [0.05, 0.1) is 0 Å². The van der Waals surface area contributed by atoms with E-state index in [9.17, 15) is 0 Å². The van der Waals surface area contributed by atoms with E-state index in [1.54, 1.807) is 16.8 Å². The molecule has 1 aliphatic carbocycles. The van der Waals surface area contributed by atoms with Crippen LogP contribution in [0.25, 0.3) is 0 Å². The van der Waals surface area contributed by atoms with Crippen molar-refractivity contribution in [3.05, 3.63) is 29.3 Å². The number of anilines is 1. The second-order valence-corrected chi connectivity index (χ2v) is 5.61. The van der Waals surface area contributed by atoms with Gasteiger partial charge < -0.3 is 4.90 Å². The van der Waals surface area contributed by atoms with Gasteiger partial charge in [-0.05, 0) is 43.2 Å². The van der Waals surface area contributed by atoms with Gasteiger partial charge in [-0.3, -0.25) is 0 Å². The third-order valence-corrected chi connectivity index (χ3v) is 4.81. The Morgan fingerprint density at radius 3 is 3.06 bits per heavy atom. The van der Waals surface area contributed by atoms with E-state index >= 15 is 0 Å². The molecule has 0 bridgehead atoms. The first-order valence-electron chi connectivity index (χ1n) is 6.83. The standard InChI is InChI=1S/C15H19N/c1-2-10-16-14-9-4-7-12(14)13-8-3-6-11(5-1)15(13)16/h3,6,8,12,14H,1-2,4-5,7,9-10H2. The number of rotatable bonds is 0. The number of fused-ring (bicyclic) bond motifs is 3. The molecule has 0 saturated heterocycles. The van der Waals surface area contributed by atoms with Crippen molar-refractivity contribution in [3.63, 3.8) is 0 Å². The van der Waals surface area contributed by atoms with Crippen LogP contribution in [0.5, 0.6) is 0 Å². The lowest BCUT2D eigenvalue weighted by Crippen LogP contribution is -2.31. The molecule has 1 aromatic carbocycles. The predicted molar refractivity (Wildman–Crippen MR) is 67.1 cm³/mol. The van der Waals surface area contributed by atoms with Crippen molar-refractivity contribution < 1.29 is 0 Å². The van der Waals surface area contributed by atoms with Crippen LogP contribution in [0.4, 0.5) is 5.69 Å². The Labute approximate surface area is 97.5 Å². The van der Waals surface area contributed by atoms with Crippen molar-refractivity contribution in [2.24, 2.45) is 0 Å². The summed E-state index contributed by atoms with van der Waals surface area (Å²) in [6.07, 6.45) is 8.37. The molecule has 0 aromatic heterocycles. The Hall–Kier alpha value is -0.980. The molecule has 2 atom stereocenters. The van der Waals surface area contributed by atoms with Crippen LogP contribution in [0.15, 0.2) is 18.2 Å². The average Bonchev–Trinajstić information content (AvgIpc) is 2.80. The lowest BCUT2D eigenvalue weighted by molar-refractivity contribution is 0.577. The Morgan fingerprint density at radius 2 is 2.06 bits per heavy atom. The molecular weight excluding hydrogens is 194 g/mol. The van der Waals surface area contributed by atoms with Gasteiger partial charge in [0, 0.05) is 24.2 Å². The van der Waals surface area contributed by atoms with Crippen molar-refractivity contribution in [3.8, 4) is 0 Å². The highest BCUT2D eigenvalue weighted by molar-refractivity contribution is 5.67. The minimum atomic E-state index is 0.856. The Balaban J connectivity index is 1.92. The first-order valence-corrected chi connectivity index (χ1v) is 6.83. The molecule has 2 aliphatic heterocycles. The van der Waals surface area contributed by atoms with E-state index in [2.05, 4.69) is 23.1 Å². The quantitative estimate of drug-likeness (QED) is 0.637. The first kappa shape index (κ1) is 9.09. The molecule has 1 fully saturated rings. The number of hydrogen-bond acceptors (Lipinski definition) is 1. The highest BCUT2D eigenvalue weighted by Gasteiger charge is 2.42. The van der Waals surface area contributed by atoms with E-state index < -0.39 is 0 Å². The van der Waals surface area contributed by atoms with E-state index in [1.807, 2.05) is 0 Å². The van der Waals surface area contributed by atoms with Crippen LogP contribution in [-0.4, -0.2) is 12.6 Å². The maximum absolute atomic E-state index is 2.76. The molecule has 4 rings (SSSR count). The fraction of sp³-hybridized carbons (Fsp3) is 0.600. The maximum atomic E-state index is 2.76. The highest BCUT2D eigenvalue weighted by Crippen LogP contribution is 2.51. The molecule has 3 aliphatic rings. The van der Waals surface area contributed by atoms with Gasteiger partial charge in [0.1, 0.15) is 0 Å². The zero-order valence-electron chi connectivity index (χ0n) is 9.78. The van der Waals surface area contributed by atoms with Crippen LogP contribution in [0.3, 0.4) is 0 Å². The third-order valence-electron chi connectivity index (χ3n) is 4.81. The Bertz CT molecular complexity index is 423. The minimum absolute atomic E-state index is 0.856. The largest absolute Gasteiger partial charge is 0.367 e. The normalized spacial score (nSPS) is 31.1. The molecule has 16 heavy (non-hydrogen) atoms. The van der Waals surface area contributed by atoms with E-state index in [4.69, 9.17) is 0 Å². The average molecular weight is 213 g/mol. The Kier molecular flexibility index (Phi) is 1.85. The summed E-state index contributed by atoms with van der Waals surface area (Å²) in [6.45, 7) is 1.31. The van der Waals surface area contributed by atoms with E-state index in [1.165, 1.54) is 45.1 Å². The van der Waals surface area contributed by atoms with Crippen molar-refractivity contribution in [1.82, 2.24) is 0 Å². The van der Waals surface area contributed by atoms with Gasteiger partial charge in [0.25, 0.3) is 0 Å². The summed E-state index contributed by atoms with van der Waals surface area (Å²) < 4.78 is 0. The van der Waals surface area contributed by atoms with Gasteiger partial charge in [0.2, 0.25) is 0 Å². The second kappa shape index (κ2) is 3.26. The van der Waals surface area contributed by atoms with Crippen molar-refractivity contribution in [1.29, 1.82) is 0 Å². The molecule has 1 aromatic rings. The van der Waals surface area contributed by atoms with Gasteiger partial charge in [-0.25, -0.2) is 0 Å². The molecule has 0 N–H and O–H groups in total. The number of aryl methyl sites for hydroxylation is 1. The van der Waals surface area contributed by atoms with Crippen molar-refractivity contribution in [2.45, 2.75) is 50.5 Å². The fourth-order valence-electron chi connectivity index (χ4n) is 4.18. The zero-order valence-corrected chi connectivity index (χ0v) is 9.78. The number of hydrogen-bond donors (Lipinski definition) is 0. The maximum Gasteiger partial charge on any atom is 0.0437 e. The summed E-state index contributed by atoms with van der Waals surface area (Å²) in [4.78, 5) is 2.76. The number of benzene rings is 1. The molecule has 84 valence electrons. The number of nitrogens with zero attached hydrogens (tertiary/aromatic N) is 1. The summed E-state index contributed by atoms with van der Waals surface area (Å²) in [5.41, 5.74) is 4.96. The van der Waals surface area contributed by atoms with Crippen molar-refractivity contribution >= 4 is 5.69 Å². The molecule has 0 radical (unpaired) electrons. The van der Waals surface area contributed by atoms with E-state index in [-0.39, 0.29) is 0 Å². The molecule has 1 nitrogen and oxygen atoms in total. The van der Waals surface area contributed by atoms with Gasteiger partial charge in [-0.1, -0.05) is 24.6 Å². The van der Waals surface area contributed by atoms with E-state index in [0.717, 1.165) is 12.0 Å². The first-order chi connectivity index (χ1) is 7.95. The summed E-state index contributed by atoms with van der Waals surface area (Å²) >= 11 is 0. The van der Waals surface area contributed by atoms with Crippen molar-refractivity contribution in [2.75, 3.05) is 11.4 Å². The van der Waals surface area contributed by atoms with Gasteiger partial charge in [-0.15, -0.1) is 0 Å². The van der Waals surface area contributed by atoms with Crippen LogP contribution >= 0.6 is 0 Å². The van der Waals surface area contributed by atoms with Gasteiger partial charge in [-0.2, -0.15) is 0 Å². The molecule has 2 heterocycles. The Morgan fingerprint density at radius 1 is 1.06 bits per heavy atom.